The molecular formula is C30H38N8. The second-order valence-electron chi connectivity index (χ2n) is 11.1. The largest absolute Gasteiger partial charge is 0.368 e. The molecule has 0 radical (unpaired) electrons. The van der Waals surface area contributed by atoms with Gasteiger partial charge in [0.15, 0.2) is 0 Å². The molecule has 3 atom stereocenters. The van der Waals surface area contributed by atoms with Crippen molar-refractivity contribution in [2.45, 2.75) is 38.4 Å². The van der Waals surface area contributed by atoms with E-state index in [4.69, 9.17) is 4.98 Å². The van der Waals surface area contributed by atoms with Crippen LogP contribution in [0.15, 0.2) is 48.7 Å². The molecule has 38 heavy (non-hydrogen) atoms. The zero-order valence-corrected chi connectivity index (χ0v) is 22.6. The van der Waals surface area contributed by atoms with Gasteiger partial charge >= 0.3 is 0 Å². The van der Waals surface area contributed by atoms with Crippen molar-refractivity contribution in [2.75, 3.05) is 68.7 Å². The van der Waals surface area contributed by atoms with Crippen molar-refractivity contribution in [1.29, 1.82) is 5.26 Å². The third-order valence-corrected chi connectivity index (χ3v) is 8.47. The molecule has 3 aliphatic heterocycles. The molecule has 0 aliphatic carbocycles. The molecule has 6 rings (SSSR count). The van der Waals surface area contributed by atoms with Crippen LogP contribution in [0.25, 0.3) is 10.9 Å². The molecule has 1 aromatic carbocycles. The molecule has 3 aliphatic rings. The van der Waals surface area contributed by atoms with Crippen LogP contribution >= 0.6 is 0 Å². The van der Waals surface area contributed by atoms with E-state index in [2.05, 4.69) is 80.1 Å². The summed E-state index contributed by atoms with van der Waals surface area (Å²) in [6.45, 7) is 14.0. The fraction of sp³-hybridized carbons (Fsp3) is 0.500. The monoisotopic (exact) mass is 510 g/mol. The summed E-state index contributed by atoms with van der Waals surface area (Å²) < 4.78 is 0. The summed E-state index contributed by atoms with van der Waals surface area (Å²) in [6, 6.07) is 18.4. The Balaban J connectivity index is 1.12. The van der Waals surface area contributed by atoms with E-state index in [0.717, 1.165) is 82.0 Å². The van der Waals surface area contributed by atoms with Gasteiger partial charge in [0.05, 0.1) is 11.1 Å². The molecular weight excluding hydrogens is 472 g/mol. The highest BCUT2D eigenvalue weighted by molar-refractivity contribution is 5.95. The van der Waals surface area contributed by atoms with Gasteiger partial charge in [-0.3, -0.25) is 9.88 Å². The van der Waals surface area contributed by atoms with E-state index in [1.165, 1.54) is 11.4 Å². The van der Waals surface area contributed by atoms with Gasteiger partial charge in [-0.15, -0.1) is 0 Å². The van der Waals surface area contributed by atoms with E-state index < -0.39 is 0 Å². The van der Waals surface area contributed by atoms with E-state index in [9.17, 15) is 5.26 Å². The van der Waals surface area contributed by atoms with Crippen LogP contribution in [0.2, 0.25) is 0 Å². The molecule has 8 nitrogen and oxygen atoms in total. The standard InChI is InChI=1S/C30H38N8/c1-22-18-36(14-12-32-22)29-7-3-5-25(34-29)10-13-35-15-16-38-23(2)19-37(21-26(38)20-35)28-9-8-24(17-31)30-27(28)6-4-11-33-30/h3-9,11,22-23,26,32H,10,12-16,18-21H2,1-2H3/t22-,23?,26?/m0/s1. The lowest BCUT2D eigenvalue weighted by Crippen LogP contribution is -2.65. The number of fused-ring (bicyclic) bond motifs is 2. The number of hydrogen-bond acceptors (Lipinski definition) is 8. The van der Waals surface area contributed by atoms with Crippen LogP contribution in [0.3, 0.4) is 0 Å². The van der Waals surface area contributed by atoms with Crippen LogP contribution in [0, 0.1) is 11.3 Å². The topological polar surface area (TPSA) is 74.6 Å². The van der Waals surface area contributed by atoms with Gasteiger partial charge in [0.25, 0.3) is 0 Å². The number of hydrogen-bond donors (Lipinski definition) is 1. The van der Waals surface area contributed by atoms with Gasteiger partial charge in [-0.1, -0.05) is 6.07 Å². The maximum Gasteiger partial charge on any atom is 0.128 e. The van der Waals surface area contributed by atoms with Crippen LogP contribution in [0.5, 0.6) is 0 Å². The number of nitrogens with one attached hydrogen (secondary N) is 1. The Morgan fingerprint density at radius 2 is 1.89 bits per heavy atom. The highest BCUT2D eigenvalue weighted by Gasteiger charge is 2.36. The van der Waals surface area contributed by atoms with Crippen molar-refractivity contribution in [2.24, 2.45) is 0 Å². The molecule has 1 N–H and O–H groups in total. The van der Waals surface area contributed by atoms with Crippen molar-refractivity contribution in [1.82, 2.24) is 25.1 Å². The van der Waals surface area contributed by atoms with Crippen LogP contribution in [-0.4, -0.2) is 96.8 Å². The lowest BCUT2D eigenvalue weighted by molar-refractivity contribution is 0.0355. The quantitative estimate of drug-likeness (QED) is 0.562. The van der Waals surface area contributed by atoms with Gasteiger partial charge in [-0.2, -0.15) is 5.26 Å². The Morgan fingerprint density at radius 1 is 0.974 bits per heavy atom. The number of nitriles is 1. The van der Waals surface area contributed by atoms with Crippen molar-refractivity contribution < 1.29 is 0 Å². The first-order valence-electron chi connectivity index (χ1n) is 14.0. The molecule has 3 saturated heterocycles. The number of aromatic nitrogens is 2. The first-order chi connectivity index (χ1) is 18.6. The van der Waals surface area contributed by atoms with Crippen LogP contribution in [-0.2, 0) is 6.42 Å². The number of nitrogens with zero attached hydrogens (tertiary/aromatic N) is 7. The third-order valence-electron chi connectivity index (χ3n) is 8.47. The molecule has 0 amide bonds. The van der Waals surface area contributed by atoms with Gasteiger partial charge in [-0.05, 0) is 50.2 Å². The predicted molar refractivity (Wildman–Crippen MR) is 153 cm³/mol. The van der Waals surface area contributed by atoms with Crippen LogP contribution in [0.1, 0.15) is 25.1 Å². The smallest absolute Gasteiger partial charge is 0.128 e. The average Bonchev–Trinajstić information content (AvgIpc) is 2.95. The molecule has 198 valence electrons. The lowest BCUT2D eigenvalue weighted by Gasteiger charge is -2.51. The Labute approximate surface area is 225 Å². The van der Waals surface area contributed by atoms with Crippen LogP contribution in [0.4, 0.5) is 11.5 Å². The minimum absolute atomic E-state index is 0.483. The maximum atomic E-state index is 9.56. The highest BCUT2D eigenvalue weighted by atomic mass is 15.4. The molecule has 3 fully saturated rings. The molecule has 8 heteroatoms. The number of rotatable bonds is 5. The van der Waals surface area contributed by atoms with Gasteiger partial charge in [-0.25, -0.2) is 4.98 Å². The Hall–Kier alpha value is -3.25. The van der Waals surface area contributed by atoms with Crippen molar-refractivity contribution in [3.8, 4) is 6.07 Å². The summed E-state index contributed by atoms with van der Waals surface area (Å²) in [4.78, 5) is 19.8. The Morgan fingerprint density at radius 3 is 2.76 bits per heavy atom. The predicted octanol–water partition coefficient (Wildman–Crippen LogP) is 2.74. The minimum Gasteiger partial charge on any atom is -0.368 e. The third kappa shape index (κ3) is 5.06. The van der Waals surface area contributed by atoms with E-state index in [0.29, 0.717) is 23.7 Å². The van der Waals surface area contributed by atoms with E-state index in [-0.39, 0.29) is 0 Å². The average molecular weight is 511 g/mol. The summed E-state index contributed by atoms with van der Waals surface area (Å²) in [6.07, 6.45) is 2.76. The zero-order chi connectivity index (χ0) is 26.1. The highest BCUT2D eigenvalue weighted by Crippen LogP contribution is 2.32. The first-order valence-corrected chi connectivity index (χ1v) is 14.0. The minimum atomic E-state index is 0.483. The summed E-state index contributed by atoms with van der Waals surface area (Å²) in [7, 11) is 0. The SMILES string of the molecule is CC1CN(c2ccc(C#N)c3ncccc23)CC2CN(CCc3cccc(N4CCN[C@@H](C)C4)n3)CCN12. The molecule has 2 unspecified atom stereocenters. The molecule has 0 saturated carbocycles. The molecule has 2 aromatic heterocycles. The second kappa shape index (κ2) is 10.9. The fourth-order valence-corrected chi connectivity index (χ4v) is 6.55. The summed E-state index contributed by atoms with van der Waals surface area (Å²) in [5.41, 5.74) is 3.83. The second-order valence-corrected chi connectivity index (χ2v) is 11.1. The summed E-state index contributed by atoms with van der Waals surface area (Å²) in [5.74, 6) is 1.11. The van der Waals surface area contributed by atoms with Gasteiger partial charge < -0.3 is 20.0 Å². The summed E-state index contributed by atoms with van der Waals surface area (Å²) >= 11 is 0. The molecule has 3 aromatic rings. The van der Waals surface area contributed by atoms with Gasteiger partial charge in [0.2, 0.25) is 0 Å². The normalized spacial score (nSPS) is 24.8. The number of pyridine rings is 2. The number of anilines is 2. The molecule has 0 spiro atoms. The first kappa shape index (κ1) is 25.1. The van der Waals surface area contributed by atoms with E-state index in [1.807, 2.05) is 12.1 Å². The van der Waals surface area contributed by atoms with Crippen molar-refractivity contribution in [3.63, 3.8) is 0 Å². The molecule has 0 bridgehead atoms. The number of piperazine rings is 3. The molecule has 5 heterocycles. The van der Waals surface area contributed by atoms with Crippen LogP contribution < -0.4 is 15.1 Å². The van der Waals surface area contributed by atoms with E-state index in [1.54, 1.807) is 6.20 Å². The van der Waals surface area contributed by atoms with Gasteiger partial charge in [0.1, 0.15) is 11.9 Å². The van der Waals surface area contributed by atoms with Gasteiger partial charge in [0, 0.05) is 106 Å². The van der Waals surface area contributed by atoms with Crippen molar-refractivity contribution >= 4 is 22.4 Å². The van der Waals surface area contributed by atoms with E-state index >= 15 is 0 Å². The fourth-order valence-electron chi connectivity index (χ4n) is 6.55. The lowest BCUT2D eigenvalue weighted by atomic mass is 10.0. The number of benzene rings is 1. The maximum absolute atomic E-state index is 9.56. The Kier molecular flexibility index (Phi) is 7.16. The zero-order valence-electron chi connectivity index (χ0n) is 22.6. The summed E-state index contributed by atoms with van der Waals surface area (Å²) in [5, 5.41) is 14.2. The Bertz CT molecular complexity index is 1320. The van der Waals surface area contributed by atoms with Crippen molar-refractivity contribution in [3.05, 3.63) is 59.9 Å².